The van der Waals surface area contributed by atoms with Crippen LogP contribution in [0.15, 0.2) is 134 Å². The maximum atomic E-state index is 13.1. The maximum Gasteiger partial charge on any atom is 0.472 e. The molecule has 0 saturated heterocycles. The number of aliphatic hydroxyl groups excluding tert-OH is 1. The van der Waals surface area contributed by atoms with Gasteiger partial charge < -0.3 is 33.8 Å². The van der Waals surface area contributed by atoms with Crippen LogP contribution in [-0.2, 0) is 65.4 Å². The van der Waals surface area contributed by atoms with Crippen molar-refractivity contribution < 1.29 is 80.2 Å². The molecule has 0 aliphatic carbocycles. The molecule has 0 spiro atoms. The molecule has 0 aliphatic heterocycles. The Kier molecular flexibility index (Phi) is 71.0. The molecule has 0 heterocycles. The van der Waals surface area contributed by atoms with Crippen molar-refractivity contribution in [1.29, 1.82) is 0 Å². The van der Waals surface area contributed by atoms with Gasteiger partial charge in [-0.2, -0.15) is 0 Å². The Bertz CT molecular complexity index is 2460. The van der Waals surface area contributed by atoms with Gasteiger partial charge in [-0.1, -0.05) is 264 Å². The van der Waals surface area contributed by atoms with Crippen LogP contribution in [0.3, 0.4) is 0 Å². The summed E-state index contributed by atoms with van der Waals surface area (Å²) in [6, 6.07) is 0. The highest BCUT2D eigenvalue weighted by atomic mass is 31.2. The van der Waals surface area contributed by atoms with Crippen LogP contribution in [0, 0.1) is 0 Å². The molecule has 3 N–H and O–H groups in total. The lowest BCUT2D eigenvalue weighted by Crippen LogP contribution is -2.30. The molecule has 0 radical (unpaired) electrons. The molecule has 17 nitrogen and oxygen atoms in total. The first-order chi connectivity index (χ1) is 49.7. The van der Waals surface area contributed by atoms with Crippen molar-refractivity contribution in [2.24, 2.45) is 0 Å². The van der Waals surface area contributed by atoms with Crippen LogP contribution in [0.1, 0.15) is 310 Å². The number of allylic oxidation sites excluding steroid dienone is 22. The number of rotatable bonds is 73. The molecular weight excluding hydrogens is 1330 g/mol. The van der Waals surface area contributed by atoms with E-state index >= 15 is 0 Å². The quantitative estimate of drug-likeness (QED) is 0.0169. The second-order valence-electron chi connectivity index (χ2n) is 25.9. The molecule has 5 atom stereocenters. The van der Waals surface area contributed by atoms with Gasteiger partial charge in [0.15, 0.2) is 12.2 Å². The van der Waals surface area contributed by atoms with Crippen LogP contribution in [0.25, 0.3) is 0 Å². The number of unbranched alkanes of at least 4 members (excludes halogenated alkanes) is 25. The van der Waals surface area contributed by atoms with E-state index in [0.717, 1.165) is 161 Å². The first kappa shape index (κ1) is 97.2. The molecule has 19 heteroatoms. The standard InChI is InChI=1S/C83H140O17P2/c1-5-9-13-17-21-25-29-33-36-37-38-39-42-45-48-52-56-60-64-68-81(86)94-73-78(99-82(87)69-65-61-57-53-49-43-32-28-24-20-16-12-8-4)75-97-101(89,90)95-71-77(84)72-96-102(91,92)98-76-79(100-83(88)70-66-62-58-54-50-46-41-35-31-27-23-19-15-11-7-3)74-93-80(85)67-63-59-55-51-47-44-40-34-30-26-22-18-14-10-6-2/h9,13,21-23,25-28,32-36,38-41,45,48,56,60,77-79,84H,5-8,10-12,14-20,24,29-31,37,42-44,46-47,49-55,57-59,61-76H2,1-4H3,(H,89,90)(H,91,92)/b13-9-,25-21-,26-22-,27-23-,32-28-,36-33-,39-38-,40-34-,41-35-,48-45-,60-56-/t77-,78-,79-/m1/s1. The van der Waals surface area contributed by atoms with Crippen molar-refractivity contribution in [2.45, 2.75) is 329 Å². The highest BCUT2D eigenvalue weighted by molar-refractivity contribution is 7.47. The third kappa shape index (κ3) is 73.5. The van der Waals surface area contributed by atoms with E-state index < -0.39 is 97.5 Å². The van der Waals surface area contributed by atoms with Gasteiger partial charge in [-0.05, 0) is 154 Å². The lowest BCUT2D eigenvalue weighted by molar-refractivity contribution is -0.161. The monoisotopic (exact) mass is 1470 g/mol. The minimum Gasteiger partial charge on any atom is -0.462 e. The first-order valence-corrected chi connectivity index (χ1v) is 42.4. The summed E-state index contributed by atoms with van der Waals surface area (Å²) >= 11 is 0. The second-order valence-corrected chi connectivity index (χ2v) is 28.8. The zero-order valence-electron chi connectivity index (χ0n) is 63.7. The molecule has 0 rings (SSSR count). The zero-order chi connectivity index (χ0) is 74.6. The van der Waals surface area contributed by atoms with Gasteiger partial charge >= 0.3 is 39.5 Å². The molecule has 0 bridgehead atoms. The van der Waals surface area contributed by atoms with Crippen LogP contribution >= 0.6 is 15.6 Å². The Morgan fingerprint density at radius 2 is 0.529 bits per heavy atom. The van der Waals surface area contributed by atoms with Crippen LogP contribution < -0.4 is 0 Å². The fourth-order valence-electron chi connectivity index (χ4n) is 10.1. The van der Waals surface area contributed by atoms with Gasteiger partial charge in [-0.15, -0.1) is 0 Å². The second kappa shape index (κ2) is 74.5. The normalized spacial score (nSPS) is 14.6. The predicted octanol–water partition coefficient (Wildman–Crippen LogP) is 22.9. The van der Waals surface area contributed by atoms with E-state index in [1.807, 2.05) is 18.2 Å². The number of carbonyl (C=O) groups excluding carboxylic acids is 4. The Balaban J connectivity index is 5.44. The van der Waals surface area contributed by atoms with Gasteiger partial charge in [0.2, 0.25) is 0 Å². The SMILES string of the molecule is CC/C=C\C/C=C\C/C=C\C/C=C\C/C=C\C/C=C\CCC(=O)OC[C@H](COP(=O)(O)OC[C@@H](O)COP(=O)(O)OC[C@@H](COC(=O)CCCCCCC/C=C\C/C=C\CCCCC)OC(=O)CCCCCCC/C=C\C/C=C\CCCCC)OC(=O)CCCCCCC/C=C\CCCCCC. The lowest BCUT2D eigenvalue weighted by Gasteiger charge is -2.21. The summed E-state index contributed by atoms with van der Waals surface area (Å²) in [4.78, 5) is 72.9. The average Bonchev–Trinajstić information content (AvgIpc) is 0.908. The molecule has 584 valence electrons. The fourth-order valence-corrected chi connectivity index (χ4v) is 11.6. The molecule has 102 heavy (non-hydrogen) atoms. The third-order valence-corrected chi connectivity index (χ3v) is 18.0. The Morgan fingerprint density at radius 3 is 0.873 bits per heavy atom. The summed E-state index contributed by atoms with van der Waals surface area (Å²) in [7, 11) is -9.99. The summed E-state index contributed by atoms with van der Waals surface area (Å²) in [6.07, 6.45) is 83.0. The predicted molar refractivity (Wildman–Crippen MR) is 418 cm³/mol. The number of hydrogen-bond donors (Lipinski definition) is 3. The highest BCUT2D eigenvalue weighted by Gasteiger charge is 2.30. The van der Waals surface area contributed by atoms with Gasteiger partial charge in [0.25, 0.3) is 0 Å². The molecule has 0 aromatic rings. The minimum atomic E-state index is -5.00. The Hall–Kier alpha value is -4.80. The Morgan fingerprint density at radius 1 is 0.284 bits per heavy atom. The van der Waals surface area contributed by atoms with E-state index in [0.29, 0.717) is 32.1 Å². The molecular formula is C83H140O17P2. The van der Waals surface area contributed by atoms with E-state index in [9.17, 15) is 43.2 Å². The van der Waals surface area contributed by atoms with Gasteiger partial charge in [0.05, 0.1) is 26.4 Å². The van der Waals surface area contributed by atoms with Crippen molar-refractivity contribution >= 4 is 39.5 Å². The smallest absolute Gasteiger partial charge is 0.462 e. The number of esters is 4. The first-order valence-electron chi connectivity index (χ1n) is 39.4. The van der Waals surface area contributed by atoms with Crippen molar-refractivity contribution in [3.05, 3.63) is 134 Å². The highest BCUT2D eigenvalue weighted by Crippen LogP contribution is 2.45. The average molecular weight is 1470 g/mol. The lowest BCUT2D eigenvalue weighted by atomic mass is 10.1. The van der Waals surface area contributed by atoms with Crippen LogP contribution in [-0.4, -0.2) is 96.7 Å². The van der Waals surface area contributed by atoms with Gasteiger partial charge in [0.1, 0.15) is 19.3 Å². The van der Waals surface area contributed by atoms with E-state index in [1.54, 1.807) is 0 Å². The summed E-state index contributed by atoms with van der Waals surface area (Å²) in [5.41, 5.74) is 0. The van der Waals surface area contributed by atoms with Gasteiger partial charge in [0, 0.05) is 25.7 Å². The molecule has 0 aliphatic rings. The summed E-state index contributed by atoms with van der Waals surface area (Å²) in [6.45, 7) is 4.57. The fraction of sp³-hybridized carbons (Fsp3) is 0.687. The van der Waals surface area contributed by atoms with Crippen LogP contribution in [0.5, 0.6) is 0 Å². The van der Waals surface area contributed by atoms with Gasteiger partial charge in [-0.3, -0.25) is 37.3 Å². The van der Waals surface area contributed by atoms with Crippen LogP contribution in [0.4, 0.5) is 0 Å². The number of phosphoric ester groups is 2. The van der Waals surface area contributed by atoms with E-state index in [2.05, 4.69) is 143 Å². The van der Waals surface area contributed by atoms with E-state index in [1.165, 1.54) is 64.2 Å². The minimum absolute atomic E-state index is 0.0316. The number of hydrogen-bond acceptors (Lipinski definition) is 15. The maximum absolute atomic E-state index is 13.1. The van der Waals surface area contributed by atoms with Crippen molar-refractivity contribution in [3.8, 4) is 0 Å². The van der Waals surface area contributed by atoms with E-state index in [4.69, 9.17) is 37.0 Å². The molecule has 0 aromatic carbocycles. The van der Waals surface area contributed by atoms with Crippen molar-refractivity contribution in [2.75, 3.05) is 39.6 Å². The number of carbonyl (C=O) groups is 4. The topological polar surface area (TPSA) is 237 Å². The summed E-state index contributed by atoms with van der Waals surface area (Å²) < 4.78 is 68.4. The number of ether oxygens (including phenoxy) is 4. The Labute approximate surface area is 618 Å². The van der Waals surface area contributed by atoms with Gasteiger partial charge in [-0.25, -0.2) is 9.13 Å². The van der Waals surface area contributed by atoms with Crippen LogP contribution in [0.2, 0.25) is 0 Å². The van der Waals surface area contributed by atoms with E-state index in [-0.39, 0.29) is 25.7 Å². The molecule has 0 saturated carbocycles. The number of aliphatic hydroxyl groups is 1. The third-order valence-electron chi connectivity index (χ3n) is 16.1. The molecule has 2 unspecified atom stereocenters. The molecule has 0 fully saturated rings. The van der Waals surface area contributed by atoms with Crippen molar-refractivity contribution in [3.63, 3.8) is 0 Å². The van der Waals surface area contributed by atoms with Crippen molar-refractivity contribution in [1.82, 2.24) is 0 Å². The molecule has 0 amide bonds. The summed E-state index contributed by atoms with van der Waals surface area (Å²) in [5, 5.41) is 10.6. The summed E-state index contributed by atoms with van der Waals surface area (Å²) in [5.74, 6) is -2.31. The largest absolute Gasteiger partial charge is 0.472 e. The zero-order valence-corrected chi connectivity index (χ0v) is 65.5. The number of phosphoric acid groups is 2. The molecule has 0 aromatic heterocycles.